The van der Waals surface area contributed by atoms with Crippen LogP contribution in [0.4, 0.5) is 23.1 Å². The maximum absolute atomic E-state index is 11.5. The van der Waals surface area contributed by atoms with Gasteiger partial charge in [0.2, 0.25) is 22.8 Å². The molecule has 0 unspecified atom stereocenters. The zero-order chi connectivity index (χ0) is 20.6. The molecule has 3 N–H and O–H groups in total. The van der Waals surface area contributed by atoms with Crippen LogP contribution in [0.5, 0.6) is 11.5 Å². The molecule has 0 atom stereocenters. The molecule has 11 heteroatoms. The summed E-state index contributed by atoms with van der Waals surface area (Å²) in [5, 5.41) is 8.63. The summed E-state index contributed by atoms with van der Waals surface area (Å²) >= 11 is 6.38. The lowest BCUT2D eigenvalue weighted by Crippen LogP contribution is -2.14. The monoisotopic (exact) mass is 433 g/mol. The Labute approximate surface area is 172 Å². The fourth-order valence-corrected chi connectivity index (χ4v) is 3.67. The first-order chi connectivity index (χ1) is 13.8. The van der Waals surface area contributed by atoms with Crippen LogP contribution in [0.3, 0.4) is 0 Å². The summed E-state index contributed by atoms with van der Waals surface area (Å²) in [4.78, 5) is 10.4. The highest BCUT2D eigenvalue weighted by Crippen LogP contribution is 2.46. The van der Waals surface area contributed by atoms with Gasteiger partial charge in [0.25, 0.3) is 0 Å². The van der Waals surface area contributed by atoms with E-state index in [9.17, 15) is 8.42 Å². The van der Waals surface area contributed by atoms with Crippen LogP contribution in [-0.2, 0) is 10.0 Å². The van der Waals surface area contributed by atoms with Gasteiger partial charge in [-0.05, 0) is 36.4 Å². The van der Waals surface area contributed by atoms with Crippen molar-refractivity contribution in [1.29, 1.82) is 0 Å². The van der Waals surface area contributed by atoms with Crippen LogP contribution in [0.1, 0.15) is 0 Å². The van der Waals surface area contributed by atoms with E-state index < -0.39 is 10.0 Å². The highest BCUT2D eigenvalue weighted by atomic mass is 35.5. The Kier molecular flexibility index (Phi) is 4.91. The molecule has 0 aliphatic carbocycles. The summed E-state index contributed by atoms with van der Waals surface area (Å²) in [5.41, 5.74) is 1.09. The summed E-state index contributed by atoms with van der Waals surface area (Å²) < 4.78 is 34.0. The molecular formula is C18H16ClN5O4S. The standard InChI is InChI=1S/C18H16ClN5O4S/c1-24(16-13(19)5-6-14-17(16)28-10-27-14)15-7-8-21-18(23-15)22-11-3-2-4-12(9-11)29(20,25)26/h2-9H,10H2,1H3,(H2,20,25,26)(H,21,22,23). The summed E-state index contributed by atoms with van der Waals surface area (Å²) in [5.74, 6) is 1.94. The van der Waals surface area contributed by atoms with Crippen molar-refractivity contribution < 1.29 is 17.9 Å². The Bertz CT molecular complexity index is 1190. The number of hydrogen-bond acceptors (Lipinski definition) is 8. The van der Waals surface area contributed by atoms with E-state index in [0.717, 1.165) is 0 Å². The second-order valence-corrected chi connectivity index (χ2v) is 8.09. The third kappa shape index (κ3) is 3.90. The lowest BCUT2D eigenvalue weighted by molar-refractivity contribution is 0.174. The van der Waals surface area contributed by atoms with Gasteiger partial charge in [0, 0.05) is 18.9 Å². The van der Waals surface area contributed by atoms with Crippen LogP contribution in [0.25, 0.3) is 0 Å². The van der Waals surface area contributed by atoms with Gasteiger partial charge in [0.15, 0.2) is 11.5 Å². The minimum absolute atomic E-state index is 0.0143. The van der Waals surface area contributed by atoms with E-state index in [1.165, 1.54) is 12.1 Å². The molecule has 2 aromatic carbocycles. The minimum Gasteiger partial charge on any atom is -0.454 e. The quantitative estimate of drug-likeness (QED) is 0.630. The first-order valence-corrected chi connectivity index (χ1v) is 10.3. The lowest BCUT2D eigenvalue weighted by atomic mass is 10.2. The number of benzene rings is 2. The van der Waals surface area contributed by atoms with Gasteiger partial charge in [-0.3, -0.25) is 0 Å². The Morgan fingerprint density at radius 3 is 2.83 bits per heavy atom. The molecular weight excluding hydrogens is 418 g/mol. The molecule has 1 aliphatic rings. The normalized spacial score (nSPS) is 12.7. The first kappa shape index (κ1) is 19.2. The highest BCUT2D eigenvalue weighted by Gasteiger charge is 2.24. The predicted octanol–water partition coefficient (Wildman–Crippen LogP) is 3.02. The number of rotatable bonds is 5. The van der Waals surface area contributed by atoms with Crippen molar-refractivity contribution in [3.05, 3.63) is 53.7 Å². The lowest BCUT2D eigenvalue weighted by Gasteiger charge is -2.21. The van der Waals surface area contributed by atoms with Crippen LogP contribution >= 0.6 is 11.6 Å². The average molecular weight is 434 g/mol. The molecule has 0 spiro atoms. The van der Waals surface area contributed by atoms with Crippen molar-refractivity contribution in [2.24, 2.45) is 5.14 Å². The second kappa shape index (κ2) is 7.39. The van der Waals surface area contributed by atoms with E-state index in [1.54, 1.807) is 48.5 Å². The molecule has 150 valence electrons. The molecule has 0 fully saturated rings. The number of primary sulfonamides is 1. The van der Waals surface area contributed by atoms with Crippen molar-refractivity contribution in [3.63, 3.8) is 0 Å². The number of halogens is 1. The molecule has 0 amide bonds. The van der Waals surface area contributed by atoms with Gasteiger partial charge >= 0.3 is 0 Å². The number of sulfonamides is 1. The number of nitrogens with zero attached hydrogens (tertiary/aromatic N) is 3. The fraction of sp³-hybridized carbons (Fsp3) is 0.111. The predicted molar refractivity (Wildman–Crippen MR) is 109 cm³/mol. The average Bonchev–Trinajstić information content (AvgIpc) is 3.16. The van der Waals surface area contributed by atoms with Crippen LogP contribution < -0.4 is 24.8 Å². The van der Waals surface area contributed by atoms with Crippen molar-refractivity contribution in [2.45, 2.75) is 4.90 Å². The van der Waals surface area contributed by atoms with Crippen molar-refractivity contribution in [2.75, 3.05) is 24.1 Å². The Morgan fingerprint density at radius 1 is 1.21 bits per heavy atom. The largest absolute Gasteiger partial charge is 0.454 e. The van der Waals surface area contributed by atoms with Gasteiger partial charge in [-0.25, -0.2) is 18.5 Å². The zero-order valence-corrected chi connectivity index (χ0v) is 16.7. The van der Waals surface area contributed by atoms with E-state index >= 15 is 0 Å². The topological polar surface area (TPSA) is 120 Å². The minimum atomic E-state index is -3.82. The number of ether oxygens (including phenoxy) is 2. The summed E-state index contributed by atoms with van der Waals surface area (Å²) in [6, 6.07) is 11.2. The maximum Gasteiger partial charge on any atom is 0.238 e. The molecule has 3 aromatic rings. The van der Waals surface area contributed by atoms with Crippen LogP contribution in [0.2, 0.25) is 5.02 Å². The van der Waals surface area contributed by atoms with Gasteiger partial charge < -0.3 is 19.7 Å². The zero-order valence-electron chi connectivity index (χ0n) is 15.2. The molecule has 29 heavy (non-hydrogen) atoms. The number of nitrogens with two attached hydrogens (primary N) is 1. The van der Waals surface area contributed by atoms with Gasteiger partial charge in [-0.15, -0.1) is 0 Å². The van der Waals surface area contributed by atoms with E-state index in [4.69, 9.17) is 26.2 Å². The molecule has 0 saturated carbocycles. The SMILES string of the molecule is CN(c1ccnc(Nc2cccc(S(N)(=O)=O)c2)n1)c1c(Cl)ccc2c1OCO2. The summed E-state index contributed by atoms with van der Waals surface area (Å²) in [6.07, 6.45) is 1.57. The molecule has 2 heterocycles. The third-order valence-electron chi connectivity index (χ3n) is 4.20. The van der Waals surface area contributed by atoms with E-state index in [0.29, 0.717) is 33.7 Å². The van der Waals surface area contributed by atoms with Crippen LogP contribution in [0, 0.1) is 0 Å². The molecule has 0 bridgehead atoms. The molecule has 0 radical (unpaired) electrons. The van der Waals surface area contributed by atoms with E-state index in [-0.39, 0.29) is 17.6 Å². The van der Waals surface area contributed by atoms with E-state index in [2.05, 4.69) is 15.3 Å². The Morgan fingerprint density at radius 2 is 2.03 bits per heavy atom. The third-order valence-corrected chi connectivity index (χ3v) is 5.42. The second-order valence-electron chi connectivity index (χ2n) is 6.13. The molecule has 4 rings (SSSR count). The molecule has 1 aliphatic heterocycles. The first-order valence-electron chi connectivity index (χ1n) is 8.38. The van der Waals surface area contributed by atoms with E-state index in [1.807, 2.05) is 0 Å². The van der Waals surface area contributed by atoms with Gasteiger partial charge in [-0.2, -0.15) is 4.98 Å². The summed E-state index contributed by atoms with van der Waals surface area (Å²) in [7, 11) is -2.03. The van der Waals surface area contributed by atoms with Crippen molar-refractivity contribution in [1.82, 2.24) is 9.97 Å². The van der Waals surface area contributed by atoms with Gasteiger partial charge in [0.05, 0.1) is 9.92 Å². The number of fused-ring (bicyclic) bond motifs is 1. The van der Waals surface area contributed by atoms with Crippen LogP contribution in [0.15, 0.2) is 53.6 Å². The van der Waals surface area contributed by atoms with Crippen LogP contribution in [-0.4, -0.2) is 32.2 Å². The number of nitrogens with one attached hydrogen (secondary N) is 1. The highest BCUT2D eigenvalue weighted by molar-refractivity contribution is 7.89. The molecule has 9 nitrogen and oxygen atoms in total. The molecule has 1 aromatic heterocycles. The maximum atomic E-state index is 11.5. The number of hydrogen-bond donors (Lipinski definition) is 2. The smallest absolute Gasteiger partial charge is 0.238 e. The van der Waals surface area contributed by atoms with Crippen molar-refractivity contribution in [3.8, 4) is 11.5 Å². The van der Waals surface area contributed by atoms with Crippen molar-refractivity contribution >= 4 is 44.8 Å². The Balaban J connectivity index is 1.64. The number of anilines is 4. The van der Waals surface area contributed by atoms with Gasteiger partial charge in [-0.1, -0.05) is 17.7 Å². The number of aromatic nitrogens is 2. The summed E-state index contributed by atoms with van der Waals surface area (Å²) in [6.45, 7) is 0.119. The van der Waals surface area contributed by atoms with Gasteiger partial charge in [0.1, 0.15) is 11.5 Å². The molecule has 0 saturated heterocycles. The fourth-order valence-electron chi connectivity index (χ4n) is 2.84. The Hall–Kier alpha value is -3.08.